The average Bonchev–Trinajstić information content (AvgIpc) is 3.03. The highest BCUT2D eigenvalue weighted by Crippen LogP contribution is 2.30. The minimum Gasteiger partial charge on any atom is -0.464 e. The van der Waals surface area contributed by atoms with Crippen molar-refractivity contribution in [3.63, 3.8) is 0 Å². The standard InChI is InChI=1S/C13H16N2O3S2/c1-9-13(6-11(7-14)18-9)20(16,17)15-4-2-12-10(8-15)3-5-19-12/h3,5-6H,2,4,7-8,14H2,1H3. The fourth-order valence-electron chi connectivity index (χ4n) is 2.45. The molecule has 2 aromatic rings. The lowest BCUT2D eigenvalue weighted by molar-refractivity contribution is 0.392. The third-order valence-electron chi connectivity index (χ3n) is 3.51. The van der Waals surface area contributed by atoms with E-state index in [-0.39, 0.29) is 11.4 Å². The maximum atomic E-state index is 12.7. The highest BCUT2D eigenvalue weighted by atomic mass is 32.2. The van der Waals surface area contributed by atoms with E-state index in [4.69, 9.17) is 10.2 Å². The molecule has 0 aliphatic carbocycles. The summed E-state index contributed by atoms with van der Waals surface area (Å²) in [7, 11) is -3.51. The van der Waals surface area contributed by atoms with Gasteiger partial charge in [0, 0.05) is 24.0 Å². The molecular formula is C13H16N2O3S2. The van der Waals surface area contributed by atoms with Gasteiger partial charge in [-0.2, -0.15) is 4.31 Å². The summed E-state index contributed by atoms with van der Waals surface area (Å²) >= 11 is 1.69. The Morgan fingerprint density at radius 3 is 3.00 bits per heavy atom. The summed E-state index contributed by atoms with van der Waals surface area (Å²) in [4.78, 5) is 1.51. The van der Waals surface area contributed by atoms with Crippen LogP contribution in [0.2, 0.25) is 0 Å². The van der Waals surface area contributed by atoms with Gasteiger partial charge in [-0.25, -0.2) is 8.42 Å². The van der Waals surface area contributed by atoms with E-state index in [9.17, 15) is 8.42 Å². The van der Waals surface area contributed by atoms with Gasteiger partial charge in [-0.05, 0) is 30.4 Å². The van der Waals surface area contributed by atoms with E-state index in [1.807, 2.05) is 11.4 Å². The number of hydrogen-bond donors (Lipinski definition) is 1. The molecule has 2 N–H and O–H groups in total. The second kappa shape index (κ2) is 5.00. The van der Waals surface area contributed by atoms with Crippen molar-refractivity contribution in [2.24, 2.45) is 5.73 Å². The number of hydrogen-bond acceptors (Lipinski definition) is 5. The van der Waals surface area contributed by atoms with E-state index in [1.54, 1.807) is 18.3 Å². The molecule has 0 aromatic carbocycles. The van der Waals surface area contributed by atoms with E-state index in [2.05, 4.69) is 0 Å². The Hall–Kier alpha value is -1.15. The first-order chi connectivity index (χ1) is 9.52. The number of fused-ring (bicyclic) bond motifs is 1. The summed E-state index contributed by atoms with van der Waals surface area (Å²) in [5.74, 6) is 0.899. The van der Waals surface area contributed by atoms with Crippen molar-refractivity contribution in [3.8, 4) is 0 Å². The van der Waals surface area contributed by atoms with Crippen LogP contribution < -0.4 is 5.73 Å². The monoisotopic (exact) mass is 312 g/mol. The molecule has 0 saturated carbocycles. The summed E-state index contributed by atoms with van der Waals surface area (Å²) in [6.07, 6.45) is 0.771. The summed E-state index contributed by atoms with van der Waals surface area (Å²) in [6.45, 7) is 2.80. The van der Waals surface area contributed by atoms with Gasteiger partial charge < -0.3 is 10.2 Å². The average molecular weight is 312 g/mol. The van der Waals surface area contributed by atoms with Gasteiger partial charge in [0.2, 0.25) is 10.0 Å². The second-order valence-electron chi connectivity index (χ2n) is 4.79. The molecule has 0 spiro atoms. The SMILES string of the molecule is Cc1oc(CN)cc1S(=O)(=O)N1CCc2sccc2C1. The van der Waals surface area contributed by atoms with Crippen LogP contribution in [0.25, 0.3) is 0 Å². The maximum absolute atomic E-state index is 12.7. The van der Waals surface area contributed by atoms with Gasteiger partial charge in [-0.1, -0.05) is 0 Å². The summed E-state index contributed by atoms with van der Waals surface area (Å²) < 4.78 is 32.3. The number of rotatable bonds is 3. The van der Waals surface area contributed by atoms with E-state index in [1.165, 1.54) is 15.2 Å². The molecule has 3 rings (SSSR count). The largest absolute Gasteiger partial charge is 0.464 e. The number of thiophene rings is 1. The highest BCUT2D eigenvalue weighted by Gasteiger charge is 2.31. The van der Waals surface area contributed by atoms with Crippen molar-refractivity contribution in [1.82, 2.24) is 4.31 Å². The van der Waals surface area contributed by atoms with Crippen molar-refractivity contribution in [3.05, 3.63) is 39.5 Å². The van der Waals surface area contributed by atoms with Crippen molar-refractivity contribution >= 4 is 21.4 Å². The van der Waals surface area contributed by atoms with E-state index < -0.39 is 10.0 Å². The number of nitrogens with zero attached hydrogens (tertiary/aromatic N) is 1. The Morgan fingerprint density at radius 1 is 1.50 bits per heavy atom. The smallest absolute Gasteiger partial charge is 0.246 e. The molecule has 1 aliphatic heterocycles. The zero-order valence-corrected chi connectivity index (χ0v) is 12.8. The van der Waals surface area contributed by atoms with Crippen LogP contribution >= 0.6 is 11.3 Å². The van der Waals surface area contributed by atoms with Gasteiger partial charge in [0.15, 0.2) is 0 Å². The number of nitrogens with two attached hydrogens (primary N) is 1. The van der Waals surface area contributed by atoms with Crippen molar-refractivity contribution in [2.45, 2.75) is 31.3 Å². The molecule has 7 heteroatoms. The maximum Gasteiger partial charge on any atom is 0.246 e. The van der Waals surface area contributed by atoms with Crippen LogP contribution in [0.1, 0.15) is 22.0 Å². The number of sulfonamides is 1. The minimum absolute atomic E-state index is 0.199. The van der Waals surface area contributed by atoms with E-state index in [0.717, 1.165) is 12.0 Å². The summed E-state index contributed by atoms with van der Waals surface area (Å²) in [5, 5.41) is 2.01. The third kappa shape index (κ3) is 2.20. The Balaban J connectivity index is 1.95. The molecule has 0 atom stereocenters. The van der Waals surface area contributed by atoms with Gasteiger partial charge in [-0.15, -0.1) is 11.3 Å². The molecule has 20 heavy (non-hydrogen) atoms. The van der Waals surface area contributed by atoms with Crippen LogP contribution in [0.15, 0.2) is 26.8 Å². The lowest BCUT2D eigenvalue weighted by Gasteiger charge is -2.25. The first kappa shape index (κ1) is 13.8. The fraction of sp³-hybridized carbons (Fsp3) is 0.385. The summed E-state index contributed by atoms with van der Waals surface area (Å²) in [6, 6.07) is 3.53. The first-order valence-electron chi connectivity index (χ1n) is 6.37. The van der Waals surface area contributed by atoms with E-state index >= 15 is 0 Å². The Labute approximate surface area is 122 Å². The second-order valence-corrected chi connectivity index (χ2v) is 7.70. The van der Waals surface area contributed by atoms with E-state index in [0.29, 0.717) is 24.6 Å². The zero-order chi connectivity index (χ0) is 14.3. The molecule has 2 aromatic heterocycles. The lowest BCUT2D eigenvalue weighted by Crippen LogP contribution is -2.35. The predicted octanol–water partition coefficient (Wildman–Crippen LogP) is 1.86. The van der Waals surface area contributed by atoms with Crippen LogP contribution in [-0.4, -0.2) is 19.3 Å². The van der Waals surface area contributed by atoms with Crippen LogP contribution in [-0.2, 0) is 29.5 Å². The molecule has 3 heterocycles. The zero-order valence-electron chi connectivity index (χ0n) is 11.1. The predicted molar refractivity (Wildman–Crippen MR) is 77.0 cm³/mol. The fourth-order valence-corrected chi connectivity index (χ4v) is 4.94. The highest BCUT2D eigenvalue weighted by molar-refractivity contribution is 7.89. The van der Waals surface area contributed by atoms with Crippen LogP contribution in [0, 0.1) is 6.92 Å². The third-order valence-corrected chi connectivity index (χ3v) is 6.49. The number of furan rings is 1. The molecule has 0 saturated heterocycles. The summed E-state index contributed by atoms with van der Waals surface area (Å²) in [5.41, 5.74) is 6.60. The quantitative estimate of drug-likeness (QED) is 0.938. The van der Waals surface area contributed by atoms with Crippen molar-refractivity contribution in [1.29, 1.82) is 0 Å². The lowest BCUT2D eigenvalue weighted by atomic mass is 10.1. The molecular weight excluding hydrogens is 296 g/mol. The van der Waals surface area contributed by atoms with Crippen LogP contribution in [0.4, 0.5) is 0 Å². The molecule has 0 fully saturated rings. The number of aryl methyl sites for hydroxylation is 1. The van der Waals surface area contributed by atoms with Gasteiger partial charge in [-0.3, -0.25) is 0 Å². The van der Waals surface area contributed by atoms with Crippen molar-refractivity contribution in [2.75, 3.05) is 6.54 Å². The Kier molecular flexibility index (Phi) is 3.45. The Bertz CT molecular complexity index is 731. The molecule has 0 unspecified atom stereocenters. The molecule has 108 valence electrons. The first-order valence-corrected chi connectivity index (χ1v) is 8.69. The molecule has 5 nitrogen and oxygen atoms in total. The Morgan fingerprint density at radius 2 is 2.30 bits per heavy atom. The van der Waals surface area contributed by atoms with Gasteiger partial charge in [0.1, 0.15) is 16.4 Å². The van der Waals surface area contributed by atoms with Crippen LogP contribution in [0.3, 0.4) is 0 Å². The van der Waals surface area contributed by atoms with Gasteiger partial charge >= 0.3 is 0 Å². The minimum atomic E-state index is -3.51. The molecule has 0 amide bonds. The van der Waals surface area contributed by atoms with Gasteiger partial charge in [0.25, 0.3) is 0 Å². The molecule has 0 radical (unpaired) electrons. The molecule has 0 bridgehead atoms. The van der Waals surface area contributed by atoms with Crippen LogP contribution in [0.5, 0.6) is 0 Å². The normalized spacial score (nSPS) is 16.3. The van der Waals surface area contributed by atoms with Gasteiger partial charge in [0.05, 0.1) is 6.54 Å². The van der Waals surface area contributed by atoms with Crippen molar-refractivity contribution < 1.29 is 12.8 Å². The topological polar surface area (TPSA) is 76.5 Å². The molecule has 1 aliphatic rings.